The summed E-state index contributed by atoms with van der Waals surface area (Å²) in [6.45, 7) is 0.731. The van der Waals surface area contributed by atoms with E-state index in [-0.39, 0.29) is 30.6 Å². The van der Waals surface area contributed by atoms with E-state index in [1.165, 1.54) is 9.80 Å². The van der Waals surface area contributed by atoms with E-state index in [9.17, 15) is 24.3 Å². The molecule has 9 heteroatoms. The first-order valence-electron chi connectivity index (χ1n) is 15.4. The van der Waals surface area contributed by atoms with Crippen LogP contribution in [-0.2, 0) is 32.0 Å². The highest BCUT2D eigenvalue weighted by Crippen LogP contribution is 2.26. The zero-order valence-electron chi connectivity index (χ0n) is 24.8. The lowest BCUT2D eigenvalue weighted by Crippen LogP contribution is -2.56. The Kier molecular flexibility index (Phi) is 10.1. The van der Waals surface area contributed by atoms with Crippen molar-refractivity contribution in [3.63, 3.8) is 0 Å². The van der Waals surface area contributed by atoms with Gasteiger partial charge in [0.25, 0.3) is 0 Å². The Morgan fingerprint density at radius 2 is 1.32 bits per heavy atom. The number of carbonyl (C=O) groups excluding carboxylic acids is 3. The molecule has 5 rings (SSSR count). The molecule has 4 N–H and O–H groups in total. The monoisotopic (exact) mass is 596 g/mol. The van der Waals surface area contributed by atoms with E-state index in [4.69, 9.17) is 5.73 Å². The summed E-state index contributed by atoms with van der Waals surface area (Å²) in [6.07, 6.45) is 2.92. The van der Waals surface area contributed by atoms with Gasteiger partial charge >= 0.3 is 5.97 Å². The van der Waals surface area contributed by atoms with Crippen LogP contribution < -0.4 is 11.1 Å². The van der Waals surface area contributed by atoms with Crippen LogP contribution in [0.3, 0.4) is 0 Å². The first-order valence-corrected chi connectivity index (χ1v) is 15.4. The van der Waals surface area contributed by atoms with Gasteiger partial charge in [-0.3, -0.25) is 14.4 Å². The summed E-state index contributed by atoms with van der Waals surface area (Å²) in [5.41, 5.74) is 10.3. The summed E-state index contributed by atoms with van der Waals surface area (Å²) >= 11 is 0. The highest BCUT2D eigenvalue weighted by Gasteiger charge is 2.43. The maximum Gasteiger partial charge on any atom is 0.326 e. The summed E-state index contributed by atoms with van der Waals surface area (Å²) < 4.78 is 0. The predicted octanol–water partition coefficient (Wildman–Crippen LogP) is 3.41. The minimum Gasteiger partial charge on any atom is -0.480 e. The standard InChI is InChI=1S/C35H40N4O5/c36-28(21-24-9-3-1-4-10-24)23-32(40)37-29(22-25-15-17-27(18-16-25)26-11-5-2-6-12-26)33(41)38-19-7-13-30(38)34(42)39-20-8-14-31(39)35(43)44/h1-6,9-12,15-18,28-31H,7-8,13-14,19-23,36H2,(H,37,40)(H,43,44). The van der Waals surface area contributed by atoms with Gasteiger partial charge in [-0.1, -0.05) is 84.9 Å². The average Bonchev–Trinajstić information content (AvgIpc) is 3.72. The molecule has 230 valence electrons. The third-order valence-electron chi connectivity index (χ3n) is 8.56. The number of hydrogen-bond donors (Lipinski definition) is 3. The van der Waals surface area contributed by atoms with Crippen LogP contribution in [0.5, 0.6) is 0 Å². The van der Waals surface area contributed by atoms with E-state index in [1.807, 2.05) is 84.9 Å². The molecule has 2 heterocycles. The summed E-state index contributed by atoms with van der Waals surface area (Å²) in [5.74, 6) is -2.03. The second kappa shape index (κ2) is 14.3. The van der Waals surface area contributed by atoms with Crippen molar-refractivity contribution in [2.75, 3.05) is 13.1 Å². The normalized spacial score (nSPS) is 19.4. The molecule has 0 saturated carbocycles. The van der Waals surface area contributed by atoms with Crippen LogP contribution in [0.2, 0.25) is 0 Å². The average molecular weight is 597 g/mol. The van der Waals surface area contributed by atoms with E-state index in [0.29, 0.717) is 45.2 Å². The van der Waals surface area contributed by atoms with Gasteiger partial charge in [0, 0.05) is 32.0 Å². The highest BCUT2D eigenvalue weighted by atomic mass is 16.4. The Hall–Kier alpha value is -4.50. The van der Waals surface area contributed by atoms with Crippen molar-refractivity contribution >= 4 is 23.7 Å². The molecule has 0 bridgehead atoms. The van der Waals surface area contributed by atoms with Gasteiger partial charge in [0.1, 0.15) is 18.1 Å². The number of likely N-dealkylation sites (tertiary alicyclic amines) is 2. The quantitative estimate of drug-likeness (QED) is 0.311. The van der Waals surface area contributed by atoms with Crippen molar-refractivity contribution in [1.82, 2.24) is 15.1 Å². The van der Waals surface area contributed by atoms with Gasteiger partial charge in [0.15, 0.2) is 0 Å². The van der Waals surface area contributed by atoms with E-state index in [2.05, 4.69) is 5.32 Å². The van der Waals surface area contributed by atoms with E-state index >= 15 is 0 Å². The molecule has 4 atom stereocenters. The first-order chi connectivity index (χ1) is 21.3. The SMILES string of the molecule is NC(CC(=O)NC(Cc1ccc(-c2ccccc2)cc1)C(=O)N1CCCC1C(=O)N1CCCC1C(=O)O)Cc1ccccc1. The lowest BCUT2D eigenvalue weighted by molar-refractivity contribution is -0.152. The number of hydrogen-bond acceptors (Lipinski definition) is 5. The number of carboxylic acids is 1. The van der Waals surface area contributed by atoms with E-state index in [1.54, 1.807) is 0 Å². The number of carbonyl (C=O) groups is 4. The molecule has 0 radical (unpaired) electrons. The van der Waals surface area contributed by atoms with Gasteiger partial charge in [0.2, 0.25) is 17.7 Å². The van der Waals surface area contributed by atoms with Gasteiger partial charge in [-0.25, -0.2) is 4.79 Å². The number of nitrogens with one attached hydrogen (secondary N) is 1. The first kappa shape index (κ1) is 30.9. The van der Waals surface area contributed by atoms with Crippen molar-refractivity contribution in [3.05, 3.63) is 96.1 Å². The molecular weight excluding hydrogens is 556 g/mol. The number of amides is 3. The van der Waals surface area contributed by atoms with Gasteiger partial charge < -0.3 is 26.0 Å². The van der Waals surface area contributed by atoms with Crippen LogP contribution in [0.25, 0.3) is 11.1 Å². The molecule has 0 aromatic heterocycles. The largest absolute Gasteiger partial charge is 0.480 e. The topological polar surface area (TPSA) is 133 Å². The fourth-order valence-corrected chi connectivity index (χ4v) is 6.35. The van der Waals surface area contributed by atoms with Crippen molar-refractivity contribution < 1.29 is 24.3 Å². The number of carboxylic acid groups (broad SMARTS) is 1. The second-order valence-corrected chi connectivity index (χ2v) is 11.8. The Morgan fingerprint density at radius 3 is 1.98 bits per heavy atom. The Balaban J connectivity index is 1.32. The molecule has 4 unspecified atom stereocenters. The van der Waals surface area contributed by atoms with Gasteiger partial charge in [-0.05, 0) is 54.4 Å². The van der Waals surface area contributed by atoms with E-state index in [0.717, 1.165) is 22.3 Å². The summed E-state index contributed by atoms with van der Waals surface area (Å²) in [4.78, 5) is 55.6. The van der Waals surface area contributed by atoms with Crippen molar-refractivity contribution in [1.29, 1.82) is 0 Å². The van der Waals surface area contributed by atoms with Crippen LogP contribution in [-0.4, -0.2) is 75.9 Å². The molecule has 2 fully saturated rings. The zero-order chi connectivity index (χ0) is 31.1. The number of rotatable bonds is 11. The van der Waals surface area contributed by atoms with Gasteiger partial charge in [0.05, 0.1) is 0 Å². The lowest BCUT2D eigenvalue weighted by atomic mass is 9.99. The summed E-state index contributed by atoms with van der Waals surface area (Å²) in [7, 11) is 0. The molecule has 0 spiro atoms. The predicted molar refractivity (Wildman–Crippen MR) is 167 cm³/mol. The molecule has 3 amide bonds. The Bertz CT molecular complexity index is 1450. The Morgan fingerprint density at radius 1 is 0.750 bits per heavy atom. The van der Waals surface area contributed by atoms with Crippen LogP contribution in [0.1, 0.15) is 43.2 Å². The molecule has 0 aliphatic carbocycles. The van der Waals surface area contributed by atoms with E-state index < -0.39 is 30.1 Å². The van der Waals surface area contributed by atoms with Crippen LogP contribution in [0, 0.1) is 0 Å². The molecule has 2 saturated heterocycles. The smallest absolute Gasteiger partial charge is 0.326 e. The van der Waals surface area contributed by atoms with Crippen LogP contribution in [0.4, 0.5) is 0 Å². The number of aliphatic carboxylic acids is 1. The third kappa shape index (κ3) is 7.52. The minimum atomic E-state index is -1.03. The minimum absolute atomic E-state index is 0.0437. The molecule has 3 aromatic carbocycles. The number of nitrogens with zero attached hydrogens (tertiary/aromatic N) is 2. The third-order valence-corrected chi connectivity index (χ3v) is 8.56. The number of nitrogens with two attached hydrogens (primary N) is 1. The second-order valence-electron chi connectivity index (χ2n) is 11.8. The highest BCUT2D eigenvalue weighted by molar-refractivity contribution is 5.94. The van der Waals surface area contributed by atoms with Crippen LogP contribution >= 0.6 is 0 Å². The Labute approximate surface area is 258 Å². The van der Waals surface area contributed by atoms with Crippen molar-refractivity contribution in [2.24, 2.45) is 5.73 Å². The van der Waals surface area contributed by atoms with Crippen molar-refractivity contribution in [3.8, 4) is 11.1 Å². The van der Waals surface area contributed by atoms with Gasteiger partial charge in [-0.2, -0.15) is 0 Å². The molecule has 2 aliphatic heterocycles. The number of benzene rings is 3. The summed E-state index contributed by atoms with van der Waals surface area (Å²) in [5, 5.41) is 12.6. The maximum atomic E-state index is 14.1. The fourth-order valence-electron chi connectivity index (χ4n) is 6.35. The summed E-state index contributed by atoms with van der Waals surface area (Å²) in [6, 6.07) is 24.6. The van der Waals surface area contributed by atoms with Crippen molar-refractivity contribution in [2.45, 2.75) is 69.1 Å². The molecule has 9 nitrogen and oxygen atoms in total. The van der Waals surface area contributed by atoms with Gasteiger partial charge in [-0.15, -0.1) is 0 Å². The molecular formula is C35H40N4O5. The van der Waals surface area contributed by atoms with Crippen LogP contribution in [0.15, 0.2) is 84.9 Å². The fraction of sp³-hybridized carbons (Fsp3) is 0.371. The maximum absolute atomic E-state index is 14.1. The zero-order valence-corrected chi connectivity index (χ0v) is 24.8. The molecule has 44 heavy (non-hydrogen) atoms. The lowest BCUT2D eigenvalue weighted by Gasteiger charge is -2.32. The molecule has 3 aromatic rings. The molecule has 2 aliphatic rings.